The molecule has 0 fully saturated rings. The fourth-order valence-electron chi connectivity index (χ4n) is 2.47. The molecule has 0 atom stereocenters. The minimum atomic E-state index is -0.620. The molecule has 0 aliphatic heterocycles. The summed E-state index contributed by atoms with van der Waals surface area (Å²) < 4.78 is 7.35. The number of benzene rings is 1. The topological polar surface area (TPSA) is 108 Å². The predicted octanol–water partition coefficient (Wildman–Crippen LogP) is 1.29. The Morgan fingerprint density at radius 2 is 1.77 bits per heavy atom. The van der Waals surface area contributed by atoms with Crippen molar-refractivity contribution < 1.29 is 9.53 Å². The van der Waals surface area contributed by atoms with E-state index in [9.17, 15) is 14.4 Å². The molecule has 1 aromatic carbocycles. The van der Waals surface area contributed by atoms with Gasteiger partial charge in [0.2, 0.25) is 5.91 Å². The molecule has 1 amide bonds. The number of hydrogen-bond acceptors (Lipinski definition) is 5. The standard InChI is InChI=1S/C18H22N4O4/c1-4-21-16(19)15(17(24)22(5-2)18(21)25)20-14(23)11-8-12-6-9-13(26-3)10-7-12/h6-11H,4-5,19H2,1-3H3,(H,20,23)/b11-8+. The minimum absolute atomic E-state index is 0.0570. The van der Waals surface area contributed by atoms with Gasteiger partial charge in [-0.1, -0.05) is 12.1 Å². The van der Waals surface area contributed by atoms with E-state index in [4.69, 9.17) is 10.5 Å². The third kappa shape index (κ3) is 3.85. The van der Waals surface area contributed by atoms with Crippen LogP contribution < -0.4 is 27.0 Å². The smallest absolute Gasteiger partial charge is 0.332 e. The number of methoxy groups -OCH3 is 1. The summed E-state index contributed by atoms with van der Waals surface area (Å²) in [5, 5.41) is 2.48. The Morgan fingerprint density at radius 3 is 2.31 bits per heavy atom. The van der Waals surface area contributed by atoms with E-state index in [1.807, 2.05) is 0 Å². The van der Waals surface area contributed by atoms with Crippen LogP contribution in [0.4, 0.5) is 11.5 Å². The predicted molar refractivity (Wildman–Crippen MR) is 101 cm³/mol. The highest BCUT2D eigenvalue weighted by molar-refractivity contribution is 6.03. The number of aromatic nitrogens is 2. The van der Waals surface area contributed by atoms with Crippen molar-refractivity contribution in [2.24, 2.45) is 0 Å². The number of nitrogens with two attached hydrogens (primary N) is 1. The maximum Gasteiger partial charge on any atom is 0.332 e. The van der Waals surface area contributed by atoms with Gasteiger partial charge in [0.15, 0.2) is 0 Å². The number of anilines is 2. The normalized spacial score (nSPS) is 10.9. The monoisotopic (exact) mass is 358 g/mol. The van der Waals surface area contributed by atoms with Crippen LogP contribution in [0.25, 0.3) is 6.08 Å². The first-order chi connectivity index (χ1) is 12.4. The van der Waals surface area contributed by atoms with Crippen molar-refractivity contribution in [1.82, 2.24) is 9.13 Å². The highest BCUT2D eigenvalue weighted by Gasteiger charge is 2.16. The van der Waals surface area contributed by atoms with Crippen molar-refractivity contribution in [3.05, 3.63) is 56.7 Å². The molecule has 0 spiro atoms. The second kappa shape index (κ2) is 8.19. The maximum absolute atomic E-state index is 12.4. The molecule has 0 bridgehead atoms. The van der Waals surface area contributed by atoms with Crippen LogP contribution in [0.15, 0.2) is 39.9 Å². The highest BCUT2D eigenvalue weighted by atomic mass is 16.5. The third-order valence-corrected chi connectivity index (χ3v) is 3.89. The van der Waals surface area contributed by atoms with Crippen LogP contribution in [0.5, 0.6) is 5.75 Å². The maximum atomic E-state index is 12.4. The highest BCUT2D eigenvalue weighted by Crippen LogP contribution is 2.13. The van der Waals surface area contributed by atoms with Gasteiger partial charge in [-0.3, -0.25) is 18.7 Å². The molecule has 0 aliphatic rings. The van der Waals surface area contributed by atoms with Crippen molar-refractivity contribution >= 4 is 23.5 Å². The molecule has 26 heavy (non-hydrogen) atoms. The van der Waals surface area contributed by atoms with Crippen LogP contribution in [0.2, 0.25) is 0 Å². The van der Waals surface area contributed by atoms with Crippen LogP contribution >= 0.6 is 0 Å². The minimum Gasteiger partial charge on any atom is -0.497 e. The molecule has 3 N–H and O–H groups in total. The second-order valence-electron chi connectivity index (χ2n) is 5.43. The summed E-state index contributed by atoms with van der Waals surface area (Å²) in [7, 11) is 1.57. The number of hydrogen-bond donors (Lipinski definition) is 2. The number of nitrogens with zero attached hydrogens (tertiary/aromatic N) is 2. The number of nitrogens with one attached hydrogen (secondary N) is 1. The largest absolute Gasteiger partial charge is 0.497 e. The molecule has 0 radical (unpaired) electrons. The first kappa shape index (κ1) is 19.0. The molecule has 1 aromatic heterocycles. The van der Waals surface area contributed by atoms with E-state index >= 15 is 0 Å². The molecular formula is C18H22N4O4. The summed E-state index contributed by atoms with van der Waals surface area (Å²) in [4.78, 5) is 36.8. The van der Waals surface area contributed by atoms with Gasteiger partial charge in [-0.2, -0.15) is 0 Å². The van der Waals surface area contributed by atoms with E-state index in [0.717, 1.165) is 10.1 Å². The molecule has 8 heteroatoms. The lowest BCUT2D eigenvalue weighted by Crippen LogP contribution is -2.42. The molecule has 2 aromatic rings. The first-order valence-electron chi connectivity index (χ1n) is 8.19. The summed E-state index contributed by atoms with van der Waals surface area (Å²) in [6.45, 7) is 3.88. The molecule has 2 rings (SSSR count). The van der Waals surface area contributed by atoms with Crippen molar-refractivity contribution in [3.8, 4) is 5.75 Å². The first-order valence-corrected chi connectivity index (χ1v) is 8.19. The Bertz CT molecular complexity index is 939. The fourth-order valence-corrected chi connectivity index (χ4v) is 2.47. The van der Waals surface area contributed by atoms with Gasteiger partial charge in [0.25, 0.3) is 5.56 Å². The summed E-state index contributed by atoms with van der Waals surface area (Å²) in [6.07, 6.45) is 2.89. The second-order valence-corrected chi connectivity index (χ2v) is 5.43. The zero-order valence-electron chi connectivity index (χ0n) is 15.0. The summed E-state index contributed by atoms with van der Waals surface area (Å²) in [5.41, 5.74) is 5.48. The average molecular weight is 358 g/mol. The van der Waals surface area contributed by atoms with Crippen molar-refractivity contribution in [2.75, 3.05) is 18.2 Å². The SMILES string of the molecule is CCn1c(N)c(NC(=O)/C=C/c2ccc(OC)cc2)c(=O)n(CC)c1=O. The van der Waals surface area contributed by atoms with Gasteiger partial charge in [-0.15, -0.1) is 0 Å². The van der Waals surface area contributed by atoms with Crippen LogP contribution in [0, 0.1) is 0 Å². The lowest BCUT2D eigenvalue weighted by Gasteiger charge is -2.14. The zero-order chi connectivity index (χ0) is 19.3. The Balaban J connectivity index is 2.29. The van der Waals surface area contributed by atoms with Gasteiger partial charge in [0.1, 0.15) is 17.3 Å². The molecule has 1 heterocycles. The van der Waals surface area contributed by atoms with Gasteiger partial charge >= 0.3 is 5.69 Å². The van der Waals surface area contributed by atoms with E-state index in [0.29, 0.717) is 5.75 Å². The van der Waals surface area contributed by atoms with Gasteiger partial charge in [0, 0.05) is 19.2 Å². The number of ether oxygens (including phenoxy) is 1. The third-order valence-electron chi connectivity index (χ3n) is 3.89. The van der Waals surface area contributed by atoms with Crippen molar-refractivity contribution in [3.63, 3.8) is 0 Å². The zero-order valence-corrected chi connectivity index (χ0v) is 15.0. The number of rotatable bonds is 6. The van der Waals surface area contributed by atoms with Crippen LogP contribution in [0.1, 0.15) is 19.4 Å². The van der Waals surface area contributed by atoms with E-state index < -0.39 is 17.2 Å². The van der Waals surface area contributed by atoms with Gasteiger partial charge < -0.3 is 15.8 Å². The van der Waals surface area contributed by atoms with Crippen LogP contribution in [-0.4, -0.2) is 22.2 Å². The molecule has 0 saturated heterocycles. The number of carbonyl (C=O) groups is 1. The van der Waals surface area contributed by atoms with Gasteiger partial charge in [-0.05, 0) is 37.6 Å². The number of amides is 1. The lowest BCUT2D eigenvalue weighted by atomic mass is 10.2. The van der Waals surface area contributed by atoms with Crippen LogP contribution in [0.3, 0.4) is 0 Å². The Kier molecular flexibility index (Phi) is 6.00. The number of carbonyl (C=O) groups excluding carboxylic acids is 1. The number of nitrogen functional groups attached to an aromatic ring is 1. The Morgan fingerprint density at radius 1 is 1.15 bits per heavy atom. The Hall–Kier alpha value is -3.29. The van der Waals surface area contributed by atoms with Crippen molar-refractivity contribution in [2.45, 2.75) is 26.9 Å². The van der Waals surface area contributed by atoms with Gasteiger partial charge in [-0.25, -0.2) is 4.79 Å². The molecule has 0 unspecified atom stereocenters. The fraction of sp³-hybridized carbons (Fsp3) is 0.278. The summed E-state index contributed by atoms with van der Waals surface area (Å²) >= 11 is 0. The molecular weight excluding hydrogens is 336 g/mol. The van der Waals surface area contributed by atoms with E-state index in [2.05, 4.69) is 5.32 Å². The van der Waals surface area contributed by atoms with E-state index in [-0.39, 0.29) is 24.6 Å². The molecule has 138 valence electrons. The Labute approximate surface area is 150 Å². The summed E-state index contributed by atoms with van der Waals surface area (Å²) in [6, 6.07) is 7.12. The molecule has 8 nitrogen and oxygen atoms in total. The van der Waals surface area contributed by atoms with E-state index in [1.54, 1.807) is 51.3 Å². The van der Waals surface area contributed by atoms with E-state index in [1.165, 1.54) is 10.6 Å². The van der Waals surface area contributed by atoms with Gasteiger partial charge in [0.05, 0.1) is 7.11 Å². The van der Waals surface area contributed by atoms with Crippen molar-refractivity contribution in [1.29, 1.82) is 0 Å². The quantitative estimate of drug-likeness (QED) is 0.757. The van der Waals surface area contributed by atoms with Crippen LogP contribution in [-0.2, 0) is 17.9 Å². The average Bonchev–Trinajstić information content (AvgIpc) is 2.64. The lowest BCUT2D eigenvalue weighted by molar-refractivity contribution is -0.111. The molecule has 0 saturated carbocycles. The molecule has 0 aliphatic carbocycles. The summed E-state index contributed by atoms with van der Waals surface area (Å²) in [5.74, 6) is 0.133.